The highest BCUT2D eigenvalue weighted by Gasteiger charge is 2.03. The Morgan fingerprint density at radius 3 is 2.78 bits per heavy atom. The zero-order valence-corrected chi connectivity index (χ0v) is 9.84. The Balaban J connectivity index is 2.01. The standard InChI is InChI=1S/C13H13N3O2/c1-9-5-6-14-12(7-9)16-13(18)15-10-3-2-4-11(17)8-10/h2-8,17H,1H3,(H2,14,15,16,18). The number of aryl methyl sites for hydroxylation is 1. The summed E-state index contributed by atoms with van der Waals surface area (Å²) < 4.78 is 0. The van der Waals surface area contributed by atoms with Crippen molar-refractivity contribution in [3.63, 3.8) is 0 Å². The zero-order valence-electron chi connectivity index (χ0n) is 9.84. The molecular formula is C13H13N3O2. The fraction of sp³-hybridized carbons (Fsp3) is 0.0769. The van der Waals surface area contributed by atoms with Crippen LogP contribution in [0.2, 0.25) is 0 Å². The number of aromatic nitrogens is 1. The van der Waals surface area contributed by atoms with Crippen molar-refractivity contribution in [1.29, 1.82) is 0 Å². The number of carbonyl (C=O) groups excluding carboxylic acids is 1. The number of amides is 2. The highest BCUT2D eigenvalue weighted by Crippen LogP contribution is 2.15. The van der Waals surface area contributed by atoms with E-state index in [1.165, 1.54) is 12.1 Å². The third-order valence-electron chi connectivity index (χ3n) is 2.26. The van der Waals surface area contributed by atoms with E-state index in [-0.39, 0.29) is 5.75 Å². The molecule has 2 rings (SSSR count). The summed E-state index contributed by atoms with van der Waals surface area (Å²) in [6.07, 6.45) is 1.62. The number of urea groups is 1. The van der Waals surface area contributed by atoms with Gasteiger partial charge in [-0.05, 0) is 36.8 Å². The van der Waals surface area contributed by atoms with E-state index in [1.54, 1.807) is 24.4 Å². The highest BCUT2D eigenvalue weighted by molar-refractivity contribution is 5.99. The van der Waals surface area contributed by atoms with Gasteiger partial charge in [0, 0.05) is 18.0 Å². The summed E-state index contributed by atoms with van der Waals surface area (Å²) in [7, 11) is 0. The van der Waals surface area contributed by atoms with Gasteiger partial charge < -0.3 is 10.4 Å². The molecule has 0 unspecified atom stereocenters. The smallest absolute Gasteiger partial charge is 0.324 e. The fourth-order valence-electron chi connectivity index (χ4n) is 1.47. The molecule has 3 N–H and O–H groups in total. The van der Waals surface area contributed by atoms with E-state index in [4.69, 9.17) is 0 Å². The number of hydrogen-bond donors (Lipinski definition) is 3. The zero-order chi connectivity index (χ0) is 13.0. The summed E-state index contributed by atoms with van der Waals surface area (Å²) in [6, 6.07) is 9.53. The van der Waals surface area contributed by atoms with E-state index < -0.39 is 6.03 Å². The molecule has 0 bridgehead atoms. The van der Waals surface area contributed by atoms with Crippen LogP contribution in [0.25, 0.3) is 0 Å². The van der Waals surface area contributed by atoms with Crippen molar-refractivity contribution in [3.8, 4) is 5.75 Å². The van der Waals surface area contributed by atoms with E-state index in [0.29, 0.717) is 11.5 Å². The lowest BCUT2D eigenvalue weighted by molar-refractivity contribution is 0.262. The Hall–Kier alpha value is -2.56. The molecule has 18 heavy (non-hydrogen) atoms. The van der Waals surface area contributed by atoms with Crippen molar-refractivity contribution in [2.24, 2.45) is 0 Å². The molecule has 0 saturated carbocycles. The summed E-state index contributed by atoms with van der Waals surface area (Å²) in [5, 5.41) is 14.5. The molecule has 0 aliphatic carbocycles. The molecule has 2 aromatic rings. The molecule has 0 aliphatic rings. The SMILES string of the molecule is Cc1ccnc(NC(=O)Nc2cccc(O)c2)c1. The monoisotopic (exact) mass is 243 g/mol. The molecule has 2 amide bonds. The summed E-state index contributed by atoms with van der Waals surface area (Å²) in [5.41, 5.74) is 1.53. The Morgan fingerprint density at radius 2 is 2.06 bits per heavy atom. The number of aromatic hydroxyl groups is 1. The molecular weight excluding hydrogens is 230 g/mol. The van der Waals surface area contributed by atoms with Gasteiger partial charge in [-0.1, -0.05) is 6.07 Å². The first kappa shape index (κ1) is 11.9. The lowest BCUT2D eigenvalue weighted by Crippen LogP contribution is -2.20. The second-order valence-electron chi connectivity index (χ2n) is 3.85. The van der Waals surface area contributed by atoms with E-state index in [0.717, 1.165) is 5.56 Å². The number of anilines is 2. The molecule has 5 nitrogen and oxygen atoms in total. The van der Waals surface area contributed by atoms with Crippen LogP contribution in [0, 0.1) is 6.92 Å². The van der Waals surface area contributed by atoms with Gasteiger partial charge in [-0.25, -0.2) is 9.78 Å². The van der Waals surface area contributed by atoms with Gasteiger partial charge in [-0.15, -0.1) is 0 Å². The van der Waals surface area contributed by atoms with Crippen LogP contribution in [0.15, 0.2) is 42.6 Å². The fourth-order valence-corrected chi connectivity index (χ4v) is 1.47. The first-order chi connectivity index (χ1) is 8.63. The van der Waals surface area contributed by atoms with Crippen molar-refractivity contribution < 1.29 is 9.90 Å². The van der Waals surface area contributed by atoms with Gasteiger partial charge in [0.1, 0.15) is 11.6 Å². The highest BCUT2D eigenvalue weighted by atomic mass is 16.3. The van der Waals surface area contributed by atoms with Crippen LogP contribution in [0.1, 0.15) is 5.56 Å². The number of hydrogen-bond acceptors (Lipinski definition) is 3. The minimum absolute atomic E-state index is 0.0986. The molecule has 1 aromatic heterocycles. The van der Waals surface area contributed by atoms with Crippen LogP contribution < -0.4 is 10.6 Å². The van der Waals surface area contributed by atoms with Crippen LogP contribution in [-0.4, -0.2) is 16.1 Å². The van der Waals surface area contributed by atoms with Crippen molar-refractivity contribution >= 4 is 17.5 Å². The predicted molar refractivity (Wildman–Crippen MR) is 69.7 cm³/mol. The number of pyridine rings is 1. The Labute approximate surface area is 104 Å². The average molecular weight is 243 g/mol. The molecule has 1 aromatic carbocycles. The summed E-state index contributed by atoms with van der Waals surface area (Å²) in [4.78, 5) is 15.7. The van der Waals surface area contributed by atoms with Gasteiger partial charge in [-0.2, -0.15) is 0 Å². The third kappa shape index (κ3) is 3.21. The quantitative estimate of drug-likeness (QED) is 0.759. The number of nitrogens with one attached hydrogen (secondary N) is 2. The van der Waals surface area contributed by atoms with Gasteiger partial charge in [-0.3, -0.25) is 5.32 Å². The van der Waals surface area contributed by atoms with E-state index in [1.807, 2.05) is 13.0 Å². The minimum atomic E-state index is -0.404. The topological polar surface area (TPSA) is 74.2 Å². The van der Waals surface area contributed by atoms with Gasteiger partial charge in [0.05, 0.1) is 0 Å². The summed E-state index contributed by atoms with van der Waals surface area (Å²) >= 11 is 0. The van der Waals surface area contributed by atoms with Crippen molar-refractivity contribution in [1.82, 2.24) is 4.98 Å². The molecule has 5 heteroatoms. The maximum absolute atomic E-state index is 11.7. The number of nitrogens with zero attached hydrogens (tertiary/aromatic N) is 1. The molecule has 0 spiro atoms. The van der Waals surface area contributed by atoms with Crippen molar-refractivity contribution in [2.45, 2.75) is 6.92 Å². The number of carbonyl (C=O) groups is 1. The van der Waals surface area contributed by atoms with Crippen LogP contribution in [-0.2, 0) is 0 Å². The van der Waals surface area contributed by atoms with Crippen LogP contribution >= 0.6 is 0 Å². The van der Waals surface area contributed by atoms with Crippen molar-refractivity contribution in [3.05, 3.63) is 48.2 Å². The molecule has 0 saturated heterocycles. The van der Waals surface area contributed by atoms with Crippen LogP contribution in [0.3, 0.4) is 0 Å². The second kappa shape index (κ2) is 5.18. The normalized spacial score (nSPS) is 9.83. The maximum atomic E-state index is 11.7. The molecule has 1 heterocycles. The molecule has 0 fully saturated rings. The lowest BCUT2D eigenvalue weighted by Gasteiger charge is -2.07. The van der Waals surface area contributed by atoms with Crippen LogP contribution in [0.5, 0.6) is 5.75 Å². The molecule has 0 radical (unpaired) electrons. The number of benzene rings is 1. The second-order valence-corrected chi connectivity index (χ2v) is 3.85. The molecule has 0 aliphatic heterocycles. The minimum Gasteiger partial charge on any atom is -0.508 e. The van der Waals surface area contributed by atoms with E-state index in [9.17, 15) is 9.90 Å². The third-order valence-corrected chi connectivity index (χ3v) is 2.26. The maximum Gasteiger partial charge on any atom is 0.324 e. The Bertz CT molecular complexity index is 520. The Morgan fingerprint density at radius 1 is 1.22 bits per heavy atom. The van der Waals surface area contributed by atoms with Crippen molar-refractivity contribution in [2.75, 3.05) is 10.6 Å². The summed E-state index contributed by atoms with van der Waals surface area (Å²) in [6.45, 7) is 1.92. The lowest BCUT2D eigenvalue weighted by atomic mass is 10.3. The van der Waals surface area contributed by atoms with Gasteiger partial charge in [0.2, 0.25) is 0 Å². The van der Waals surface area contributed by atoms with E-state index >= 15 is 0 Å². The summed E-state index contributed by atoms with van der Waals surface area (Å²) in [5.74, 6) is 0.578. The predicted octanol–water partition coefficient (Wildman–Crippen LogP) is 2.74. The van der Waals surface area contributed by atoms with Gasteiger partial charge >= 0.3 is 6.03 Å². The Kier molecular flexibility index (Phi) is 3.43. The average Bonchev–Trinajstić information content (AvgIpc) is 2.28. The number of phenols is 1. The molecule has 0 atom stereocenters. The van der Waals surface area contributed by atoms with E-state index in [2.05, 4.69) is 15.6 Å². The number of phenolic OH excluding ortho intramolecular Hbond substituents is 1. The van der Waals surface area contributed by atoms with Gasteiger partial charge in [0.25, 0.3) is 0 Å². The van der Waals surface area contributed by atoms with Crippen LogP contribution in [0.4, 0.5) is 16.3 Å². The first-order valence-electron chi connectivity index (χ1n) is 5.43. The molecule has 92 valence electrons. The largest absolute Gasteiger partial charge is 0.508 e. The first-order valence-corrected chi connectivity index (χ1v) is 5.43. The number of rotatable bonds is 2. The van der Waals surface area contributed by atoms with Gasteiger partial charge in [0.15, 0.2) is 0 Å².